The Kier molecular flexibility index (Phi) is 4.20. The van der Waals surface area contributed by atoms with E-state index in [1.165, 1.54) is 12.1 Å². The lowest BCUT2D eigenvalue weighted by Crippen LogP contribution is -2.26. The topological polar surface area (TPSA) is 89.3 Å². The maximum Gasteiger partial charge on any atom is 0.252 e. The van der Waals surface area contributed by atoms with Crippen molar-refractivity contribution in [1.82, 2.24) is 5.32 Å². The maximum absolute atomic E-state index is 12.0. The molecular weight excluding hydrogens is 356 g/mol. The summed E-state index contributed by atoms with van der Waals surface area (Å²) in [5, 5.41) is 7.95. The fourth-order valence-electron chi connectivity index (χ4n) is 1.55. The van der Waals surface area contributed by atoms with Gasteiger partial charge in [0.1, 0.15) is 0 Å². The van der Waals surface area contributed by atoms with Gasteiger partial charge in [-0.1, -0.05) is 11.6 Å². The van der Waals surface area contributed by atoms with Gasteiger partial charge in [0.2, 0.25) is 10.0 Å². The van der Waals surface area contributed by atoms with Gasteiger partial charge < -0.3 is 5.32 Å². The summed E-state index contributed by atoms with van der Waals surface area (Å²) in [6, 6.07) is 2.46. The van der Waals surface area contributed by atoms with Crippen LogP contribution >= 0.6 is 27.5 Å². The quantitative estimate of drug-likeness (QED) is 0.851. The van der Waals surface area contributed by atoms with Crippen molar-refractivity contribution in [2.75, 3.05) is 6.54 Å². The molecule has 1 fully saturated rings. The number of carbonyl (C=O) groups excluding carboxylic acids is 1. The second-order valence-electron chi connectivity index (χ2n) is 4.47. The molecule has 1 amide bonds. The molecule has 0 aliphatic heterocycles. The molecule has 1 aromatic carbocycles. The first-order chi connectivity index (χ1) is 8.79. The Morgan fingerprint density at radius 1 is 1.47 bits per heavy atom. The average molecular weight is 368 g/mol. The summed E-state index contributed by atoms with van der Waals surface area (Å²) in [5.41, 5.74) is 0.0979. The number of hydrogen-bond acceptors (Lipinski definition) is 3. The third-order valence-corrected chi connectivity index (χ3v) is 4.98. The third-order valence-electron chi connectivity index (χ3n) is 2.82. The normalized spacial score (nSPS) is 15.3. The minimum atomic E-state index is -3.89. The third kappa shape index (κ3) is 3.68. The van der Waals surface area contributed by atoms with Crippen molar-refractivity contribution in [3.05, 3.63) is 27.2 Å². The van der Waals surface area contributed by atoms with E-state index < -0.39 is 15.9 Å². The Hall–Kier alpha value is -0.630. The van der Waals surface area contributed by atoms with Crippen LogP contribution in [0, 0.1) is 5.92 Å². The molecule has 0 bridgehead atoms. The summed E-state index contributed by atoms with van der Waals surface area (Å²) >= 11 is 9.12. The lowest BCUT2D eigenvalue weighted by Gasteiger charge is -2.09. The summed E-state index contributed by atoms with van der Waals surface area (Å²) < 4.78 is 23.0. The molecule has 0 radical (unpaired) electrons. The molecule has 0 unspecified atom stereocenters. The van der Waals surface area contributed by atoms with Gasteiger partial charge in [-0.25, -0.2) is 13.6 Å². The zero-order valence-corrected chi connectivity index (χ0v) is 13.0. The van der Waals surface area contributed by atoms with Gasteiger partial charge in [0, 0.05) is 11.0 Å². The van der Waals surface area contributed by atoms with Crippen LogP contribution in [0.1, 0.15) is 23.2 Å². The van der Waals surface area contributed by atoms with Crippen LogP contribution in [0.5, 0.6) is 0 Å². The Morgan fingerprint density at radius 2 is 2.11 bits per heavy atom. The number of sulfonamides is 1. The maximum atomic E-state index is 12.0. The summed E-state index contributed by atoms with van der Waals surface area (Å²) in [6.07, 6.45) is 2.21. The summed E-state index contributed by atoms with van der Waals surface area (Å²) in [4.78, 5) is 11.8. The van der Waals surface area contributed by atoms with Crippen molar-refractivity contribution in [3.8, 4) is 0 Å². The molecule has 0 aromatic heterocycles. The molecule has 0 heterocycles. The summed E-state index contributed by atoms with van der Waals surface area (Å²) in [5.74, 6) is 0.121. The van der Waals surface area contributed by atoms with E-state index in [1.54, 1.807) is 0 Å². The molecule has 0 spiro atoms. The number of primary sulfonamides is 1. The Morgan fingerprint density at radius 3 is 2.63 bits per heavy atom. The molecule has 5 nitrogen and oxygen atoms in total. The first kappa shape index (κ1) is 14.8. The van der Waals surface area contributed by atoms with Crippen molar-refractivity contribution in [2.24, 2.45) is 11.1 Å². The van der Waals surface area contributed by atoms with E-state index in [2.05, 4.69) is 21.2 Å². The van der Waals surface area contributed by atoms with Gasteiger partial charge in [-0.05, 0) is 46.8 Å². The molecule has 0 atom stereocenters. The molecule has 1 saturated carbocycles. The molecule has 1 aliphatic carbocycles. The van der Waals surface area contributed by atoms with Gasteiger partial charge in [-0.2, -0.15) is 0 Å². The molecular formula is C11H12BrClN2O3S. The Bertz CT molecular complexity index is 629. The van der Waals surface area contributed by atoms with Crippen molar-refractivity contribution in [3.63, 3.8) is 0 Å². The zero-order valence-electron chi connectivity index (χ0n) is 9.82. The van der Waals surface area contributed by atoms with Crippen LogP contribution in [0.2, 0.25) is 5.02 Å². The lowest BCUT2D eigenvalue weighted by atomic mass is 10.2. The van der Waals surface area contributed by atoms with Crippen LogP contribution in [0.4, 0.5) is 0 Å². The minimum absolute atomic E-state index is 0.0979. The largest absolute Gasteiger partial charge is 0.352 e. The average Bonchev–Trinajstić information content (AvgIpc) is 3.11. The molecule has 104 valence electrons. The number of amides is 1. The first-order valence-corrected chi connectivity index (χ1v) is 8.31. The lowest BCUT2D eigenvalue weighted by molar-refractivity contribution is 0.0951. The van der Waals surface area contributed by atoms with E-state index >= 15 is 0 Å². The molecule has 2 rings (SSSR count). The van der Waals surface area contributed by atoms with Crippen LogP contribution in [0.25, 0.3) is 0 Å². The second kappa shape index (κ2) is 5.40. The van der Waals surface area contributed by atoms with Crippen LogP contribution in [-0.4, -0.2) is 20.9 Å². The van der Waals surface area contributed by atoms with Gasteiger partial charge in [0.15, 0.2) is 0 Å². The van der Waals surface area contributed by atoms with Crippen LogP contribution in [-0.2, 0) is 10.0 Å². The molecule has 0 saturated heterocycles. The van der Waals surface area contributed by atoms with Gasteiger partial charge in [0.05, 0.1) is 15.5 Å². The highest BCUT2D eigenvalue weighted by atomic mass is 79.9. The first-order valence-electron chi connectivity index (χ1n) is 5.59. The van der Waals surface area contributed by atoms with Crippen molar-refractivity contribution in [1.29, 1.82) is 0 Å². The van der Waals surface area contributed by atoms with Crippen LogP contribution in [0.3, 0.4) is 0 Å². The zero-order chi connectivity index (χ0) is 14.2. The fraction of sp³-hybridized carbons (Fsp3) is 0.364. The minimum Gasteiger partial charge on any atom is -0.352 e. The predicted molar refractivity (Wildman–Crippen MR) is 75.6 cm³/mol. The number of carbonyl (C=O) groups is 1. The van der Waals surface area contributed by atoms with E-state index in [4.69, 9.17) is 16.7 Å². The van der Waals surface area contributed by atoms with E-state index in [0.717, 1.165) is 12.8 Å². The highest BCUT2D eigenvalue weighted by molar-refractivity contribution is 9.10. The van der Waals surface area contributed by atoms with E-state index in [-0.39, 0.29) is 15.5 Å². The summed E-state index contributed by atoms with van der Waals surface area (Å²) in [6.45, 7) is 0.576. The molecule has 1 aliphatic rings. The number of hydrogen-bond donors (Lipinski definition) is 2. The highest BCUT2D eigenvalue weighted by Gasteiger charge is 2.23. The number of nitrogens with two attached hydrogens (primary N) is 1. The van der Waals surface area contributed by atoms with Gasteiger partial charge >= 0.3 is 0 Å². The van der Waals surface area contributed by atoms with Gasteiger partial charge in [-0.3, -0.25) is 4.79 Å². The second-order valence-corrected chi connectivity index (χ2v) is 7.26. The molecule has 3 N–H and O–H groups in total. The monoisotopic (exact) mass is 366 g/mol. The standard InChI is InChI=1S/C11H12BrClN2O3S/c12-9-4-7(19(14,17)18)3-8(10(9)13)11(16)15-5-6-1-2-6/h3-4,6H,1-2,5H2,(H,15,16)(H2,14,17,18). The molecule has 19 heavy (non-hydrogen) atoms. The SMILES string of the molecule is NS(=O)(=O)c1cc(Br)c(Cl)c(C(=O)NCC2CC2)c1. The number of benzene rings is 1. The number of rotatable bonds is 4. The van der Waals surface area contributed by atoms with Crippen molar-refractivity contribution >= 4 is 43.5 Å². The van der Waals surface area contributed by atoms with Crippen molar-refractivity contribution < 1.29 is 13.2 Å². The van der Waals surface area contributed by atoms with Crippen LogP contribution in [0.15, 0.2) is 21.5 Å². The Labute approximate surface area is 124 Å². The predicted octanol–water partition coefficient (Wildman–Crippen LogP) is 1.89. The Balaban J connectivity index is 2.31. The van der Waals surface area contributed by atoms with Crippen LogP contribution < -0.4 is 10.5 Å². The number of halogens is 2. The van der Waals surface area contributed by atoms with E-state index in [1.807, 2.05) is 0 Å². The fourth-order valence-corrected chi connectivity index (χ4v) is 2.92. The van der Waals surface area contributed by atoms with Gasteiger partial charge in [-0.15, -0.1) is 0 Å². The molecule has 8 heteroatoms. The van der Waals surface area contributed by atoms with E-state index in [0.29, 0.717) is 16.9 Å². The molecule has 1 aromatic rings. The van der Waals surface area contributed by atoms with Gasteiger partial charge in [0.25, 0.3) is 5.91 Å². The smallest absolute Gasteiger partial charge is 0.252 e. The number of nitrogens with one attached hydrogen (secondary N) is 1. The summed E-state index contributed by atoms with van der Waals surface area (Å²) in [7, 11) is -3.89. The van der Waals surface area contributed by atoms with E-state index in [9.17, 15) is 13.2 Å². The highest BCUT2D eigenvalue weighted by Crippen LogP contribution is 2.30. The van der Waals surface area contributed by atoms with Crippen molar-refractivity contribution in [2.45, 2.75) is 17.7 Å².